The summed E-state index contributed by atoms with van der Waals surface area (Å²) in [6, 6.07) is 3.21. The van der Waals surface area contributed by atoms with E-state index in [1.165, 1.54) is 16.7 Å². The molecule has 1 N–H and O–H groups in total. The highest BCUT2D eigenvalue weighted by Gasteiger charge is 2.31. The van der Waals surface area contributed by atoms with Crippen LogP contribution in [0.1, 0.15) is 6.92 Å². The summed E-state index contributed by atoms with van der Waals surface area (Å²) in [4.78, 5) is 25.3. The van der Waals surface area contributed by atoms with Crippen LogP contribution in [0.15, 0.2) is 40.6 Å². The molecule has 0 aromatic carbocycles. The Morgan fingerprint density at radius 3 is 3.04 bits per heavy atom. The average Bonchev–Trinajstić information content (AvgIpc) is 3.29. The molecule has 0 aliphatic carbocycles. The van der Waals surface area contributed by atoms with Gasteiger partial charge in [0.1, 0.15) is 0 Å². The summed E-state index contributed by atoms with van der Waals surface area (Å²) in [7, 11) is 0. The minimum Gasteiger partial charge on any atom is -0.461 e. The number of allylic oxidation sites excluding steroid dienone is 1. The molecule has 3 rings (SSSR count). The van der Waals surface area contributed by atoms with Gasteiger partial charge in [-0.05, 0) is 19.1 Å². The third-order valence-electron chi connectivity index (χ3n) is 3.52. The molecule has 3 heterocycles. The van der Waals surface area contributed by atoms with Crippen molar-refractivity contribution < 1.29 is 14.0 Å². The zero-order valence-corrected chi connectivity index (χ0v) is 14.0. The molecular weight excluding hydrogens is 330 g/mol. The van der Waals surface area contributed by atoms with Crippen LogP contribution in [0.25, 0.3) is 11.6 Å². The Morgan fingerprint density at radius 1 is 1.58 bits per heavy atom. The predicted molar refractivity (Wildman–Crippen MR) is 88.4 cm³/mol. The summed E-state index contributed by atoms with van der Waals surface area (Å²) in [5, 5.41) is 11.0. The standard InChI is InChI=1S/C15H17N5O3S/c1-3-7-19-12(11-5-4-9-23-11)17-18-15(19)24-10(2)13(21)20-8-6-16-14(20)22/h3-5,9-10H,1,6-8H2,2H3,(H,16,22). The van der Waals surface area contributed by atoms with E-state index in [-0.39, 0.29) is 11.9 Å². The number of aromatic nitrogens is 3. The second-order valence-corrected chi connectivity index (χ2v) is 6.47. The number of imide groups is 1. The normalized spacial score (nSPS) is 15.4. The number of furan rings is 1. The molecule has 2 aromatic heterocycles. The Labute approximate surface area is 142 Å². The van der Waals surface area contributed by atoms with Crippen LogP contribution >= 0.6 is 11.8 Å². The van der Waals surface area contributed by atoms with Crippen molar-refractivity contribution in [2.45, 2.75) is 23.9 Å². The van der Waals surface area contributed by atoms with Crippen LogP contribution in [0.4, 0.5) is 4.79 Å². The van der Waals surface area contributed by atoms with Gasteiger partial charge < -0.3 is 9.73 Å². The summed E-state index contributed by atoms with van der Waals surface area (Å²) in [5.74, 6) is 0.915. The third kappa shape index (κ3) is 3.07. The van der Waals surface area contributed by atoms with Crippen molar-refractivity contribution in [3.8, 4) is 11.6 Å². The lowest BCUT2D eigenvalue weighted by Gasteiger charge is -2.17. The maximum atomic E-state index is 12.4. The van der Waals surface area contributed by atoms with Crippen LogP contribution in [0.3, 0.4) is 0 Å². The van der Waals surface area contributed by atoms with Crippen LogP contribution < -0.4 is 5.32 Å². The number of thioether (sulfide) groups is 1. The van der Waals surface area contributed by atoms with E-state index in [2.05, 4.69) is 22.1 Å². The summed E-state index contributed by atoms with van der Waals surface area (Å²) in [6.45, 7) is 6.84. The number of carbonyl (C=O) groups excluding carboxylic acids is 2. The molecule has 0 spiro atoms. The van der Waals surface area contributed by atoms with E-state index in [0.717, 1.165) is 0 Å². The zero-order valence-electron chi connectivity index (χ0n) is 13.1. The number of carbonyl (C=O) groups is 2. The van der Waals surface area contributed by atoms with Crippen LogP contribution in [-0.4, -0.2) is 49.9 Å². The summed E-state index contributed by atoms with van der Waals surface area (Å²) >= 11 is 1.25. The van der Waals surface area contributed by atoms with Crippen molar-refractivity contribution in [1.29, 1.82) is 0 Å². The largest absolute Gasteiger partial charge is 0.461 e. The van der Waals surface area contributed by atoms with Gasteiger partial charge in [-0.2, -0.15) is 0 Å². The number of nitrogens with zero attached hydrogens (tertiary/aromatic N) is 4. The smallest absolute Gasteiger partial charge is 0.324 e. The first kappa shape index (κ1) is 16.3. The SMILES string of the molecule is C=CCn1c(SC(C)C(=O)N2CCNC2=O)nnc1-c1ccco1. The molecular formula is C15H17N5O3S. The second kappa shape index (κ2) is 6.91. The molecule has 0 bridgehead atoms. The van der Waals surface area contributed by atoms with Gasteiger partial charge in [-0.1, -0.05) is 17.8 Å². The Balaban J connectivity index is 1.80. The number of hydrogen-bond donors (Lipinski definition) is 1. The lowest BCUT2D eigenvalue weighted by atomic mass is 10.4. The van der Waals surface area contributed by atoms with Gasteiger partial charge in [0.2, 0.25) is 11.7 Å². The van der Waals surface area contributed by atoms with Crippen LogP contribution in [0.5, 0.6) is 0 Å². The van der Waals surface area contributed by atoms with Gasteiger partial charge in [-0.3, -0.25) is 14.3 Å². The minimum atomic E-state index is -0.467. The summed E-state index contributed by atoms with van der Waals surface area (Å²) < 4.78 is 7.20. The molecule has 1 fully saturated rings. The van der Waals surface area contributed by atoms with Crippen molar-refractivity contribution in [2.75, 3.05) is 13.1 Å². The van der Waals surface area contributed by atoms with E-state index in [1.54, 1.807) is 31.4 Å². The maximum Gasteiger partial charge on any atom is 0.324 e. The number of rotatable bonds is 6. The van der Waals surface area contributed by atoms with Gasteiger partial charge in [-0.25, -0.2) is 4.79 Å². The monoisotopic (exact) mass is 347 g/mol. The van der Waals surface area contributed by atoms with Crippen molar-refractivity contribution in [2.24, 2.45) is 0 Å². The first-order valence-corrected chi connectivity index (χ1v) is 8.33. The molecule has 1 unspecified atom stereocenters. The fourth-order valence-electron chi connectivity index (χ4n) is 2.37. The fraction of sp³-hybridized carbons (Fsp3) is 0.333. The van der Waals surface area contributed by atoms with Gasteiger partial charge >= 0.3 is 6.03 Å². The van der Waals surface area contributed by atoms with E-state index in [1.807, 2.05) is 4.57 Å². The van der Waals surface area contributed by atoms with Crippen molar-refractivity contribution in [3.05, 3.63) is 31.1 Å². The molecule has 9 heteroatoms. The number of nitrogens with one attached hydrogen (secondary N) is 1. The summed E-state index contributed by atoms with van der Waals surface area (Å²) in [6.07, 6.45) is 3.29. The zero-order chi connectivity index (χ0) is 17.1. The molecule has 8 nitrogen and oxygen atoms in total. The lowest BCUT2D eigenvalue weighted by molar-refractivity contribution is -0.126. The van der Waals surface area contributed by atoms with Crippen molar-refractivity contribution >= 4 is 23.7 Å². The van der Waals surface area contributed by atoms with Gasteiger partial charge in [0.05, 0.1) is 11.5 Å². The number of hydrogen-bond acceptors (Lipinski definition) is 6. The van der Waals surface area contributed by atoms with E-state index in [0.29, 0.717) is 36.4 Å². The molecule has 1 aliphatic heterocycles. The molecule has 0 saturated carbocycles. The highest BCUT2D eigenvalue weighted by atomic mass is 32.2. The minimum absolute atomic E-state index is 0.247. The number of amides is 3. The van der Waals surface area contributed by atoms with Crippen molar-refractivity contribution in [1.82, 2.24) is 25.0 Å². The molecule has 24 heavy (non-hydrogen) atoms. The predicted octanol–water partition coefficient (Wildman–Crippen LogP) is 1.76. The Hall–Kier alpha value is -2.55. The topological polar surface area (TPSA) is 93.3 Å². The molecule has 1 aliphatic rings. The first-order valence-electron chi connectivity index (χ1n) is 7.45. The fourth-order valence-corrected chi connectivity index (χ4v) is 3.29. The number of urea groups is 1. The van der Waals surface area contributed by atoms with Gasteiger partial charge in [0, 0.05) is 19.6 Å². The van der Waals surface area contributed by atoms with Crippen LogP contribution in [-0.2, 0) is 11.3 Å². The highest BCUT2D eigenvalue weighted by molar-refractivity contribution is 8.00. The quantitative estimate of drug-likeness (QED) is 0.632. The molecule has 1 atom stereocenters. The Kier molecular flexibility index (Phi) is 4.70. The molecule has 1 saturated heterocycles. The van der Waals surface area contributed by atoms with Gasteiger partial charge in [0.25, 0.3) is 0 Å². The summed E-state index contributed by atoms with van der Waals surface area (Å²) in [5.41, 5.74) is 0. The molecule has 2 aromatic rings. The third-order valence-corrected chi connectivity index (χ3v) is 4.59. The highest BCUT2D eigenvalue weighted by Crippen LogP contribution is 2.28. The Bertz CT molecular complexity index is 755. The van der Waals surface area contributed by atoms with Crippen LogP contribution in [0.2, 0.25) is 0 Å². The average molecular weight is 347 g/mol. The van der Waals surface area contributed by atoms with Crippen molar-refractivity contribution in [3.63, 3.8) is 0 Å². The molecule has 3 amide bonds. The molecule has 0 radical (unpaired) electrons. The maximum absolute atomic E-state index is 12.4. The van der Waals surface area contributed by atoms with E-state index in [4.69, 9.17) is 4.42 Å². The van der Waals surface area contributed by atoms with Gasteiger partial charge in [0.15, 0.2) is 10.9 Å². The van der Waals surface area contributed by atoms with Gasteiger partial charge in [-0.15, -0.1) is 16.8 Å². The van der Waals surface area contributed by atoms with E-state index in [9.17, 15) is 9.59 Å². The van der Waals surface area contributed by atoms with E-state index >= 15 is 0 Å². The lowest BCUT2D eigenvalue weighted by Crippen LogP contribution is -2.39. The second-order valence-electron chi connectivity index (χ2n) is 5.16. The van der Waals surface area contributed by atoms with E-state index < -0.39 is 5.25 Å². The Morgan fingerprint density at radius 2 is 2.42 bits per heavy atom. The first-order chi connectivity index (χ1) is 11.6. The van der Waals surface area contributed by atoms with Crippen LogP contribution in [0, 0.1) is 0 Å². The molecule has 126 valence electrons.